The van der Waals surface area contributed by atoms with Crippen LogP contribution in [0.15, 0.2) is 30.3 Å². The molecule has 0 aromatic heterocycles. The highest BCUT2D eigenvalue weighted by atomic mass is 16.5. The Labute approximate surface area is 177 Å². The number of carbonyl (C=O) groups is 2. The first kappa shape index (κ1) is 23.1. The van der Waals surface area contributed by atoms with Gasteiger partial charge in [0.05, 0.1) is 24.4 Å². The van der Waals surface area contributed by atoms with Crippen molar-refractivity contribution >= 4 is 17.6 Å². The van der Waals surface area contributed by atoms with Gasteiger partial charge in [0.15, 0.2) is 11.5 Å². The molecule has 0 aliphatic heterocycles. The number of aromatic carboxylic acids is 1. The number of hydrogen-bond donors (Lipinski definition) is 2. The van der Waals surface area contributed by atoms with Crippen LogP contribution in [-0.2, 0) is 0 Å². The van der Waals surface area contributed by atoms with E-state index in [0.717, 1.165) is 0 Å². The van der Waals surface area contributed by atoms with Crippen molar-refractivity contribution in [1.29, 1.82) is 0 Å². The lowest BCUT2D eigenvalue weighted by Gasteiger charge is -2.20. The Bertz CT molecular complexity index is 889. The van der Waals surface area contributed by atoms with Gasteiger partial charge in [0.25, 0.3) is 5.91 Å². The van der Waals surface area contributed by atoms with Crippen molar-refractivity contribution < 1.29 is 28.9 Å². The van der Waals surface area contributed by atoms with Crippen LogP contribution >= 0.6 is 0 Å². The van der Waals surface area contributed by atoms with Gasteiger partial charge in [-0.2, -0.15) is 0 Å². The SMILES string of the molecule is CCOc1c(OC(C)C)cc(C(=O)Nc2ccc(C(=O)O)c(C)c2)cc1OC(C)C. The van der Waals surface area contributed by atoms with E-state index in [-0.39, 0.29) is 23.7 Å². The molecule has 1 amide bonds. The van der Waals surface area contributed by atoms with E-state index in [9.17, 15) is 9.59 Å². The summed E-state index contributed by atoms with van der Waals surface area (Å²) in [6, 6.07) is 7.87. The molecule has 2 N–H and O–H groups in total. The molecule has 2 rings (SSSR count). The van der Waals surface area contributed by atoms with Crippen LogP contribution in [0.5, 0.6) is 17.2 Å². The van der Waals surface area contributed by atoms with Crippen LogP contribution in [0.3, 0.4) is 0 Å². The van der Waals surface area contributed by atoms with Gasteiger partial charge in [0, 0.05) is 11.3 Å². The summed E-state index contributed by atoms with van der Waals surface area (Å²) in [7, 11) is 0. The average molecular weight is 415 g/mol. The van der Waals surface area contributed by atoms with Gasteiger partial charge >= 0.3 is 5.97 Å². The Morgan fingerprint density at radius 3 is 2.00 bits per heavy atom. The highest BCUT2D eigenvalue weighted by Gasteiger charge is 2.20. The summed E-state index contributed by atoms with van der Waals surface area (Å²) in [6.45, 7) is 11.5. The van der Waals surface area contributed by atoms with Gasteiger partial charge in [-0.25, -0.2) is 4.79 Å². The summed E-state index contributed by atoms with van der Waals surface area (Å²) in [5, 5.41) is 12.0. The topological polar surface area (TPSA) is 94.1 Å². The van der Waals surface area contributed by atoms with Crippen LogP contribution in [0.2, 0.25) is 0 Å². The van der Waals surface area contributed by atoms with Crippen LogP contribution in [0, 0.1) is 6.92 Å². The highest BCUT2D eigenvalue weighted by molar-refractivity contribution is 6.05. The molecule has 0 heterocycles. The maximum absolute atomic E-state index is 12.9. The summed E-state index contributed by atoms with van der Waals surface area (Å²) in [5.74, 6) is -0.0798. The molecule has 162 valence electrons. The summed E-state index contributed by atoms with van der Waals surface area (Å²) in [6.07, 6.45) is -0.249. The van der Waals surface area contributed by atoms with E-state index < -0.39 is 5.97 Å². The van der Waals surface area contributed by atoms with E-state index in [0.29, 0.717) is 40.7 Å². The minimum absolute atomic E-state index is 0.124. The van der Waals surface area contributed by atoms with Gasteiger partial charge in [-0.3, -0.25) is 4.79 Å². The Morgan fingerprint density at radius 1 is 1.00 bits per heavy atom. The second-order valence-corrected chi connectivity index (χ2v) is 7.36. The fourth-order valence-electron chi connectivity index (χ4n) is 2.86. The molecule has 30 heavy (non-hydrogen) atoms. The molecule has 0 saturated heterocycles. The minimum atomic E-state index is -1.01. The van der Waals surface area contributed by atoms with Crippen LogP contribution in [0.4, 0.5) is 5.69 Å². The smallest absolute Gasteiger partial charge is 0.335 e. The number of nitrogens with one attached hydrogen (secondary N) is 1. The normalized spacial score (nSPS) is 10.8. The lowest BCUT2D eigenvalue weighted by Crippen LogP contribution is -2.16. The molecule has 0 aliphatic carbocycles. The third-order valence-corrected chi connectivity index (χ3v) is 4.01. The lowest BCUT2D eigenvalue weighted by atomic mass is 10.1. The van der Waals surface area contributed by atoms with Gasteiger partial charge in [0.2, 0.25) is 5.75 Å². The number of amides is 1. The first-order valence-electron chi connectivity index (χ1n) is 9.91. The lowest BCUT2D eigenvalue weighted by molar-refractivity contribution is 0.0696. The molecule has 7 heteroatoms. The highest BCUT2D eigenvalue weighted by Crippen LogP contribution is 2.40. The van der Waals surface area contributed by atoms with Crippen LogP contribution in [0.1, 0.15) is 60.9 Å². The van der Waals surface area contributed by atoms with Crippen molar-refractivity contribution in [3.05, 3.63) is 47.0 Å². The number of anilines is 1. The molecular formula is C23H29NO6. The third kappa shape index (κ3) is 5.89. The molecule has 0 saturated carbocycles. The van der Waals surface area contributed by atoms with Gasteiger partial charge in [0.1, 0.15) is 0 Å². The predicted octanol–water partition coefficient (Wildman–Crippen LogP) is 4.92. The number of aryl methyl sites for hydroxylation is 1. The number of carboxylic acid groups (broad SMARTS) is 1. The Balaban J connectivity index is 2.42. The average Bonchev–Trinajstić information content (AvgIpc) is 2.62. The van der Waals surface area contributed by atoms with E-state index in [1.165, 1.54) is 6.07 Å². The van der Waals surface area contributed by atoms with Gasteiger partial charge < -0.3 is 24.6 Å². The van der Waals surface area contributed by atoms with Crippen molar-refractivity contribution in [2.24, 2.45) is 0 Å². The monoisotopic (exact) mass is 415 g/mol. The van der Waals surface area contributed by atoms with Gasteiger partial charge in [-0.15, -0.1) is 0 Å². The van der Waals surface area contributed by atoms with Crippen molar-refractivity contribution in [1.82, 2.24) is 0 Å². The molecule has 0 bridgehead atoms. The largest absolute Gasteiger partial charge is 0.487 e. The van der Waals surface area contributed by atoms with E-state index in [1.807, 2.05) is 34.6 Å². The quantitative estimate of drug-likeness (QED) is 0.604. The number of carbonyl (C=O) groups excluding carboxylic acids is 1. The molecule has 2 aromatic rings. The van der Waals surface area contributed by atoms with E-state index in [1.54, 1.807) is 31.2 Å². The molecule has 0 fully saturated rings. The molecule has 2 aromatic carbocycles. The molecule has 7 nitrogen and oxygen atoms in total. The third-order valence-electron chi connectivity index (χ3n) is 4.01. The minimum Gasteiger partial charge on any atom is -0.487 e. The number of rotatable bonds is 9. The number of carboxylic acids is 1. The molecule has 0 atom stereocenters. The molecule has 0 spiro atoms. The number of hydrogen-bond acceptors (Lipinski definition) is 5. The molecule has 0 aliphatic rings. The van der Waals surface area contributed by atoms with Crippen molar-refractivity contribution in [3.8, 4) is 17.2 Å². The standard InChI is InChI=1S/C23H29NO6/c1-7-28-21-19(29-13(2)3)11-16(12-20(21)30-14(4)5)22(25)24-17-8-9-18(23(26)27)15(6)10-17/h8-14H,7H2,1-6H3,(H,24,25)(H,26,27). The summed E-state index contributed by atoms with van der Waals surface area (Å²) in [4.78, 5) is 24.1. The second-order valence-electron chi connectivity index (χ2n) is 7.36. The van der Waals surface area contributed by atoms with Crippen LogP contribution in [0.25, 0.3) is 0 Å². The second kappa shape index (κ2) is 10.0. The maximum Gasteiger partial charge on any atom is 0.335 e. The zero-order valence-corrected chi connectivity index (χ0v) is 18.2. The van der Waals surface area contributed by atoms with Crippen molar-refractivity contribution in [2.45, 2.75) is 53.8 Å². The zero-order valence-electron chi connectivity index (χ0n) is 18.2. The fourth-order valence-corrected chi connectivity index (χ4v) is 2.86. The first-order valence-corrected chi connectivity index (χ1v) is 9.91. The molecule has 0 unspecified atom stereocenters. The first-order chi connectivity index (χ1) is 14.1. The Morgan fingerprint density at radius 2 is 1.57 bits per heavy atom. The Hall–Kier alpha value is -3.22. The van der Waals surface area contributed by atoms with Gasteiger partial charge in [-0.1, -0.05) is 0 Å². The van der Waals surface area contributed by atoms with E-state index in [4.69, 9.17) is 19.3 Å². The van der Waals surface area contributed by atoms with Crippen molar-refractivity contribution in [3.63, 3.8) is 0 Å². The molecular weight excluding hydrogens is 386 g/mol. The van der Waals surface area contributed by atoms with Crippen molar-refractivity contribution in [2.75, 3.05) is 11.9 Å². The van der Waals surface area contributed by atoms with E-state index >= 15 is 0 Å². The van der Waals surface area contributed by atoms with Crippen LogP contribution < -0.4 is 19.5 Å². The summed E-state index contributed by atoms with van der Waals surface area (Å²) >= 11 is 0. The maximum atomic E-state index is 12.9. The predicted molar refractivity (Wildman–Crippen MR) is 115 cm³/mol. The number of ether oxygens (including phenoxy) is 3. The fraction of sp³-hybridized carbons (Fsp3) is 0.391. The molecule has 0 radical (unpaired) electrons. The summed E-state index contributed by atoms with van der Waals surface area (Å²) < 4.78 is 17.5. The van der Waals surface area contributed by atoms with Gasteiger partial charge in [-0.05, 0) is 77.4 Å². The zero-order chi connectivity index (χ0) is 22.4. The van der Waals surface area contributed by atoms with E-state index in [2.05, 4.69) is 5.32 Å². The van der Waals surface area contributed by atoms with Crippen LogP contribution in [-0.4, -0.2) is 35.8 Å². The summed E-state index contributed by atoms with van der Waals surface area (Å²) in [5.41, 5.74) is 1.58. The Kier molecular flexibility index (Phi) is 7.69. The number of benzene rings is 2.